The summed E-state index contributed by atoms with van der Waals surface area (Å²) in [6.45, 7) is 0. The van der Waals surface area contributed by atoms with Crippen molar-refractivity contribution in [2.45, 2.75) is 4.90 Å². The van der Waals surface area contributed by atoms with Crippen LogP contribution in [-0.2, 0) is 32.5 Å². The van der Waals surface area contributed by atoms with Gasteiger partial charge in [-0.25, -0.2) is 8.78 Å². The van der Waals surface area contributed by atoms with Gasteiger partial charge in [0, 0.05) is 28.4 Å². The van der Waals surface area contributed by atoms with Gasteiger partial charge in [-0.2, -0.15) is 8.42 Å². The minimum absolute atomic E-state index is 0. The fraction of sp³-hybridized carbons (Fsp3) is 0. The van der Waals surface area contributed by atoms with Crippen LogP contribution < -0.4 is 0 Å². The normalized spacial score (nSPS) is 10.7. The molecule has 1 aromatic carbocycles. The summed E-state index contributed by atoms with van der Waals surface area (Å²) in [4.78, 5) is -0.927. The second-order valence-corrected chi connectivity index (χ2v) is 3.44. The third-order valence-electron chi connectivity index (χ3n) is 1.17. The van der Waals surface area contributed by atoms with E-state index in [4.69, 9.17) is 4.55 Å². The van der Waals surface area contributed by atoms with E-state index in [1.165, 1.54) is 0 Å². The van der Waals surface area contributed by atoms with Crippen molar-refractivity contribution >= 4 is 10.1 Å². The summed E-state index contributed by atoms with van der Waals surface area (Å²) in [5, 5.41) is 0. The number of benzene rings is 1. The Kier molecular flexibility index (Phi) is 4.21. The number of hydrogen-bond donors (Lipinski definition) is 1. The number of hydrogen-bond acceptors (Lipinski definition) is 2. The molecule has 1 radical (unpaired) electrons. The van der Waals surface area contributed by atoms with Crippen LogP contribution in [0.25, 0.3) is 0 Å². The smallest absolute Gasteiger partial charge is 0.282 e. The third-order valence-corrected chi connectivity index (χ3v) is 2.06. The van der Waals surface area contributed by atoms with Gasteiger partial charge in [0.2, 0.25) is 0 Å². The van der Waals surface area contributed by atoms with Gasteiger partial charge in [-0.05, 0) is 12.1 Å². The first kappa shape index (κ1) is 12.7. The molecule has 1 aromatic rings. The summed E-state index contributed by atoms with van der Waals surface area (Å²) in [6.07, 6.45) is 0. The molecule has 0 bridgehead atoms. The van der Waals surface area contributed by atoms with Gasteiger partial charge >= 0.3 is 0 Å². The summed E-state index contributed by atoms with van der Waals surface area (Å²) >= 11 is 0. The maximum absolute atomic E-state index is 12.6. The van der Waals surface area contributed by atoms with E-state index in [0.717, 1.165) is 6.07 Å². The quantitative estimate of drug-likeness (QED) is 0.627. The molecule has 0 unspecified atom stereocenters. The summed E-state index contributed by atoms with van der Waals surface area (Å²) < 4.78 is 53.9. The molecule has 0 aliphatic rings. The molecule has 1 rings (SSSR count). The van der Waals surface area contributed by atoms with Gasteiger partial charge in [0.1, 0.15) is 16.5 Å². The first-order valence-electron chi connectivity index (χ1n) is 2.84. The molecule has 0 spiro atoms. The van der Waals surface area contributed by atoms with E-state index in [0.29, 0.717) is 12.1 Å². The van der Waals surface area contributed by atoms with Gasteiger partial charge in [0.05, 0.1) is 0 Å². The molecule has 0 aliphatic carbocycles. The van der Waals surface area contributed by atoms with Crippen LogP contribution in [0.4, 0.5) is 8.78 Å². The SMILES string of the molecule is O=S(=O)(O)c1ccc(F)cc1F.[Ag]. The second kappa shape index (κ2) is 4.30. The second-order valence-electron chi connectivity index (χ2n) is 2.05. The molecule has 0 saturated heterocycles. The molecule has 7 heteroatoms. The van der Waals surface area contributed by atoms with E-state index in [9.17, 15) is 17.2 Å². The van der Waals surface area contributed by atoms with Gasteiger partial charge < -0.3 is 0 Å². The van der Waals surface area contributed by atoms with Gasteiger partial charge in [-0.15, -0.1) is 0 Å². The van der Waals surface area contributed by atoms with Crippen LogP contribution in [0.15, 0.2) is 23.1 Å². The number of rotatable bonds is 1. The third kappa shape index (κ3) is 3.17. The molecule has 1 N–H and O–H groups in total. The first-order valence-corrected chi connectivity index (χ1v) is 4.28. The van der Waals surface area contributed by atoms with Crippen LogP contribution in [0.3, 0.4) is 0 Å². The van der Waals surface area contributed by atoms with Crippen LogP contribution in [-0.4, -0.2) is 13.0 Å². The maximum atomic E-state index is 12.6. The van der Waals surface area contributed by atoms with Crippen molar-refractivity contribution in [2.75, 3.05) is 0 Å². The minimum Gasteiger partial charge on any atom is -0.282 e. The summed E-state index contributed by atoms with van der Waals surface area (Å²) in [5.74, 6) is -2.21. The minimum atomic E-state index is -4.59. The molecule has 0 heterocycles. The summed E-state index contributed by atoms with van der Waals surface area (Å²) in [7, 11) is -4.59. The molecule has 0 fully saturated rings. The van der Waals surface area contributed by atoms with Gasteiger partial charge in [-0.1, -0.05) is 0 Å². The van der Waals surface area contributed by atoms with E-state index < -0.39 is 26.6 Å². The maximum Gasteiger partial charge on any atom is 0.297 e. The van der Waals surface area contributed by atoms with Crippen LogP contribution in [0.5, 0.6) is 0 Å². The standard InChI is InChI=1S/C6H4F2O3S.Ag/c7-4-1-2-6(5(8)3-4)12(9,10)11;/h1-3H,(H,9,10,11);. The average molecular weight is 302 g/mol. The van der Waals surface area contributed by atoms with Crippen molar-refractivity contribution in [1.82, 2.24) is 0 Å². The van der Waals surface area contributed by atoms with Gasteiger partial charge in [0.25, 0.3) is 10.1 Å². The van der Waals surface area contributed by atoms with Crippen molar-refractivity contribution in [3.05, 3.63) is 29.8 Å². The zero-order chi connectivity index (χ0) is 9.35. The molecule has 13 heavy (non-hydrogen) atoms. The number of halogens is 2. The van der Waals surface area contributed by atoms with E-state index in [-0.39, 0.29) is 22.4 Å². The predicted molar refractivity (Wildman–Crippen MR) is 36.2 cm³/mol. The Balaban J connectivity index is 0.00000144. The van der Waals surface area contributed by atoms with Crippen LogP contribution in [0.2, 0.25) is 0 Å². The summed E-state index contributed by atoms with van der Waals surface area (Å²) in [6, 6.07) is 1.77. The monoisotopic (exact) mass is 301 g/mol. The fourth-order valence-corrected chi connectivity index (χ4v) is 1.23. The van der Waals surface area contributed by atoms with E-state index in [2.05, 4.69) is 0 Å². The Morgan fingerprint density at radius 1 is 1.23 bits per heavy atom. The molecule has 77 valence electrons. The van der Waals surface area contributed by atoms with E-state index in [1.54, 1.807) is 0 Å². The van der Waals surface area contributed by atoms with Crippen molar-refractivity contribution < 1.29 is 44.1 Å². The molecule has 0 atom stereocenters. The van der Waals surface area contributed by atoms with Crippen LogP contribution >= 0.6 is 0 Å². The van der Waals surface area contributed by atoms with E-state index >= 15 is 0 Å². The van der Waals surface area contributed by atoms with Crippen molar-refractivity contribution in [3.63, 3.8) is 0 Å². The molecule has 0 saturated carbocycles. The van der Waals surface area contributed by atoms with Crippen LogP contribution in [0.1, 0.15) is 0 Å². The molecular weight excluding hydrogens is 298 g/mol. The van der Waals surface area contributed by atoms with Crippen LogP contribution in [0, 0.1) is 11.6 Å². The Bertz CT molecular complexity index is 404. The van der Waals surface area contributed by atoms with Crippen molar-refractivity contribution in [3.8, 4) is 0 Å². The molecular formula is C6H4AgF2O3S. The molecule has 3 nitrogen and oxygen atoms in total. The van der Waals surface area contributed by atoms with E-state index in [1.807, 2.05) is 0 Å². The van der Waals surface area contributed by atoms with Crippen molar-refractivity contribution in [1.29, 1.82) is 0 Å². The Labute approximate surface area is 89.0 Å². The zero-order valence-electron chi connectivity index (χ0n) is 5.96. The molecule has 0 aromatic heterocycles. The molecule has 0 aliphatic heterocycles. The molecule has 0 amide bonds. The van der Waals surface area contributed by atoms with Crippen molar-refractivity contribution in [2.24, 2.45) is 0 Å². The average Bonchev–Trinajstić information content (AvgIpc) is 1.83. The predicted octanol–water partition coefficient (Wildman–Crippen LogP) is 1.21. The topological polar surface area (TPSA) is 54.4 Å². The Morgan fingerprint density at radius 3 is 2.15 bits per heavy atom. The fourth-order valence-electron chi connectivity index (χ4n) is 0.684. The Hall–Kier alpha value is -0.270. The largest absolute Gasteiger partial charge is 0.297 e. The first-order chi connectivity index (χ1) is 5.41. The summed E-state index contributed by atoms with van der Waals surface area (Å²) in [5.41, 5.74) is 0. The zero-order valence-corrected chi connectivity index (χ0v) is 8.26. The Morgan fingerprint density at radius 2 is 1.77 bits per heavy atom. The van der Waals surface area contributed by atoms with Gasteiger partial charge in [0.15, 0.2) is 0 Å². The van der Waals surface area contributed by atoms with Gasteiger partial charge in [-0.3, -0.25) is 4.55 Å².